The first kappa shape index (κ1) is 20.3. The summed E-state index contributed by atoms with van der Waals surface area (Å²) in [6.45, 7) is 2.84. The molecule has 4 aromatic rings. The fraction of sp³-hybridized carbons (Fsp3) is 0.333. The molecule has 0 aliphatic heterocycles. The molecule has 0 amide bonds. The zero-order chi connectivity index (χ0) is 21.1. The normalized spacial score (nSPS) is 11.8. The molecule has 0 aliphatic carbocycles. The third kappa shape index (κ3) is 3.52. The Morgan fingerprint density at radius 2 is 2.00 bits per heavy atom. The summed E-state index contributed by atoms with van der Waals surface area (Å²) in [6, 6.07) is 8.79. The van der Waals surface area contributed by atoms with Crippen LogP contribution in [0.15, 0.2) is 35.1 Å². The third-order valence-corrected chi connectivity index (χ3v) is 5.04. The summed E-state index contributed by atoms with van der Waals surface area (Å²) >= 11 is 0. The SMILES string of the molecule is NCCNc1ccc2c(CNCCOCCO)nn3c4cccc(O)c4c(=O)c1c23. The molecule has 0 aliphatic rings. The monoisotopic (exact) mass is 411 g/mol. The summed E-state index contributed by atoms with van der Waals surface area (Å²) in [5, 5.41) is 32.0. The molecular formula is C21H25N5O4. The quantitative estimate of drug-likeness (QED) is 0.189. The van der Waals surface area contributed by atoms with Gasteiger partial charge in [0, 0.05) is 37.3 Å². The van der Waals surface area contributed by atoms with Crippen molar-refractivity contribution >= 4 is 32.9 Å². The van der Waals surface area contributed by atoms with Crippen LogP contribution < -0.4 is 21.8 Å². The summed E-state index contributed by atoms with van der Waals surface area (Å²) in [6.07, 6.45) is 0. The lowest BCUT2D eigenvalue weighted by Gasteiger charge is -2.11. The molecule has 2 aromatic carbocycles. The first-order valence-electron chi connectivity index (χ1n) is 9.92. The number of aromatic nitrogens is 2. The van der Waals surface area contributed by atoms with Crippen LogP contribution in [0.5, 0.6) is 5.75 Å². The molecule has 4 rings (SSSR count). The predicted molar refractivity (Wildman–Crippen MR) is 116 cm³/mol. The number of aromatic hydroxyl groups is 1. The van der Waals surface area contributed by atoms with Crippen molar-refractivity contribution in [3.63, 3.8) is 0 Å². The van der Waals surface area contributed by atoms with Crippen molar-refractivity contribution in [1.82, 2.24) is 14.9 Å². The molecule has 0 fully saturated rings. The predicted octanol–water partition coefficient (Wildman–Crippen LogP) is 0.613. The second kappa shape index (κ2) is 8.80. The molecule has 0 saturated heterocycles. The molecule has 2 heterocycles. The van der Waals surface area contributed by atoms with Crippen LogP contribution in [0.1, 0.15) is 5.69 Å². The van der Waals surface area contributed by atoms with Crippen molar-refractivity contribution in [3.8, 4) is 5.75 Å². The smallest absolute Gasteiger partial charge is 0.203 e. The van der Waals surface area contributed by atoms with Crippen molar-refractivity contribution < 1.29 is 14.9 Å². The Labute approximate surface area is 172 Å². The zero-order valence-electron chi connectivity index (χ0n) is 16.5. The molecule has 0 radical (unpaired) electrons. The Kier molecular flexibility index (Phi) is 5.96. The average Bonchev–Trinajstić information content (AvgIpc) is 3.12. The number of phenols is 1. The number of pyridine rings is 1. The minimum absolute atomic E-state index is 0.00136. The van der Waals surface area contributed by atoms with Gasteiger partial charge >= 0.3 is 0 Å². The highest BCUT2D eigenvalue weighted by molar-refractivity contribution is 6.09. The lowest BCUT2D eigenvalue weighted by atomic mass is 10.0. The number of aliphatic hydroxyl groups excluding tert-OH is 1. The van der Waals surface area contributed by atoms with Gasteiger partial charge in [0.2, 0.25) is 5.43 Å². The lowest BCUT2D eigenvalue weighted by molar-refractivity contribution is 0.0937. The van der Waals surface area contributed by atoms with E-state index in [1.54, 1.807) is 16.6 Å². The summed E-state index contributed by atoms with van der Waals surface area (Å²) in [5.41, 5.74) is 8.13. The van der Waals surface area contributed by atoms with E-state index in [1.165, 1.54) is 6.07 Å². The van der Waals surface area contributed by atoms with Crippen LogP contribution in [0.2, 0.25) is 0 Å². The number of rotatable bonds is 10. The van der Waals surface area contributed by atoms with E-state index in [1.807, 2.05) is 12.1 Å². The van der Waals surface area contributed by atoms with E-state index in [9.17, 15) is 9.90 Å². The highest BCUT2D eigenvalue weighted by Gasteiger charge is 2.21. The molecule has 30 heavy (non-hydrogen) atoms. The largest absolute Gasteiger partial charge is 0.507 e. The van der Waals surface area contributed by atoms with Crippen molar-refractivity contribution in [2.24, 2.45) is 5.73 Å². The average molecular weight is 411 g/mol. The summed E-state index contributed by atoms with van der Waals surface area (Å²) in [7, 11) is 0. The minimum atomic E-state index is -0.238. The highest BCUT2D eigenvalue weighted by atomic mass is 16.5. The molecule has 0 spiro atoms. The van der Waals surface area contributed by atoms with E-state index in [2.05, 4.69) is 10.6 Å². The van der Waals surface area contributed by atoms with Gasteiger partial charge in [0.1, 0.15) is 5.75 Å². The van der Waals surface area contributed by atoms with E-state index in [4.69, 9.17) is 20.7 Å². The van der Waals surface area contributed by atoms with E-state index < -0.39 is 0 Å². The number of benzene rings is 2. The van der Waals surface area contributed by atoms with Gasteiger partial charge in [0.25, 0.3) is 0 Å². The summed E-state index contributed by atoms with van der Waals surface area (Å²) < 4.78 is 6.99. The molecule has 0 unspecified atom stereocenters. The maximum atomic E-state index is 13.3. The molecule has 0 atom stereocenters. The number of ether oxygens (including phenoxy) is 1. The third-order valence-electron chi connectivity index (χ3n) is 5.04. The number of hydrogen-bond donors (Lipinski definition) is 5. The molecule has 158 valence electrons. The molecule has 9 nitrogen and oxygen atoms in total. The van der Waals surface area contributed by atoms with Gasteiger partial charge in [-0.25, -0.2) is 4.52 Å². The van der Waals surface area contributed by atoms with Crippen molar-refractivity contribution in [2.45, 2.75) is 6.54 Å². The standard InChI is InChI=1S/C21H25N5O4/c22-6-7-24-14-5-4-13-15(12-23-8-10-30-11-9-27)25-26-16-2-1-3-17(28)19(16)21(29)18(14)20(13)26/h1-5,23-24,27-28H,6-12,22H2. The van der Waals surface area contributed by atoms with Gasteiger partial charge in [0.15, 0.2) is 0 Å². The summed E-state index contributed by atoms with van der Waals surface area (Å²) in [5.74, 6) is -0.0684. The van der Waals surface area contributed by atoms with Crippen molar-refractivity contribution in [2.75, 3.05) is 44.8 Å². The van der Waals surface area contributed by atoms with Gasteiger partial charge in [0.05, 0.1) is 47.3 Å². The van der Waals surface area contributed by atoms with Gasteiger partial charge in [-0.3, -0.25) is 4.79 Å². The van der Waals surface area contributed by atoms with Crippen LogP contribution in [0.3, 0.4) is 0 Å². The molecule has 2 aromatic heterocycles. The number of fused-ring (bicyclic) bond motifs is 2. The van der Waals surface area contributed by atoms with Gasteiger partial charge in [-0.05, 0) is 24.3 Å². The van der Waals surface area contributed by atoms with Crippen molar-refractivity contribution in [3.05, 3.63) is 46.2 Å². The molecule has 6 N–H and O–H groups in total. The van der Waals surface area contributed by atoms with Crippen LogP contribution in [-0.4, -0.2) is 59.3 Å². The van der Waals surface area contributed by atoms with E-state index in [0.717, 1.165) is 11.1 Å². The van der Waals surface area contributed by atoms with Gasteiger partial charge < -0.3 is 31.3 Å². The van der Waals surface area contributed by atoms with E-state index >= 15 is 0 Å². The van der Waals surface area contributed by atoms with Gasteiger partial charge in [-0.1, -0.05) is 6.07 Å². The van der Waals surface area contributed by atoms with Crippen LogP contribution in [0.4, 0.5) is 5.69 Å². The maximum Gasteiger partial charge on any atom is 0.203 e. The Hall–Kier alpha value is -2.98. The number of aliphatic hydroxyl groups is 1. The summed E-state index contributed by atoms with van der Waals surface area (Å²) in [4.78, 5) is 13.3. The van der Waals surface area contributed by atoms with E-state index in [-0.39, 0.29) is 23.2 Å². The number of hydrogen-bond acceptors (Lipinski definition) is 8. The Bertz CT molecular complexity index is 1220. The zero-order valence-corrected chi connectivity index (χ0v) is 16.5. The van der Waals surface area contributed by atoms with Crippen LogP contribution in [0.25, 0.3) is 27.2 Å². The first-order chi connectivity index (χ1) is 14.7. The Balaban J connectivity index is 1.83. The Morgan fingerprint density at radius 3 is 2.80 bits per heavy atom. The molecule has 0 bridgehead atoms. The van der Waals surface area contributed by atoms with Gasteiger partial charge in [-0.2, -0.15) is 5.10 Å². The molecular weight excluding hydrogens is 386 g/mol. The van der Waals surface area contributed by atoms with Crippen LogP contribution in [-0.2, 0) is 11.3 Å². The fourth-order valence-corrected chi connectivity index (χ4v) is 3.74. The fourth-order valence-electron chi connectivity index (χ4n) is 3.74. The molecule has 0 saturated carbocycles. The van der Waals surface area contributed by atoms with Gasteiger partial charge in [-0.15, -0.1) is 0 Å². The van der Waals surface area contributed by atoms with Crippen LogP contribution in [0, 0.1) is 0 Å². The topological polar surface area (TPSA) is 134 Å². The lowest BCUT2D eigenvalue weighted by Crippen LogP contribution is -2.20. The second-order valence-corrected chi connectivity index (χ2v) is 6.97. The van der Waals surface area contributed by atoms with E-state index in [0.29, 0.717) is 61.5 Å². The van der Waals surface area contributed by atoms with Crippen LogP contribution >= 0.6 is 0 Å². The number of nitrogens with one attached hydrogen (secondary N) is 2. The number of nitrogens with zero attached hydrogens (tertiary/aromatic N) is 2. The number of phenolic OH excluding ortho intramolecular Hbond substituents is 1. The second-order valence-electron chi connectivity index (χ2n) is 6.97. The number of nitrogens with two attached hydrogens (primary N) is 1. The minimum Gasteiger partial charge on any atom is -0.507 e. The molecule has 9 heteroatoms. The number of anilines is 1. The van der Waals surface area contributed by atoms with Crippen molar-refractivity contribution in [1.29, 1.82) is 0 Å². The highest BCUT2D eigenvalue weighted by Crippen LogP contribution is 2.32. The maximum absolute atomic E-state index is 13.3. The Morgan fingerprint density at radius 1 is 1.13 bits per heavy atom. The first-order valence-corrected chi connectivity index (χ1v) is 9.92.